The van der Waals surface area contributed by atoms with Gasteiger partial charge < -0.3 is 23.6 Å². The first kappa shape index (κ1) is 27.8. The van der Waals surface area contributed by atoms with Crippen LogP contribution in [0.3, 0.4) is 0 Å². The van der Waals surface area contributed by atoms with E-state index >= 15 is 0 Å². The molecule has 4 aromatic rings. The minimum absolute atomic E-state index is 0.0998. The minimum Gasteiger partial charge on any atom is -0.463 e. The van der Waals surface area contributed by atoms with E-state index in [1.165, 1.54) is 33.7 Å². The van der Waals surface area contributed by atoms with Crippen LogP contribution in [-0.4, -0.2) is 33.9 Å². The Kier molecular flexibility index (Phi) is 7.60. The number of furan rings is 1. The summed E-state index contributed by atoms with van der Waals surface area (Å²) < 4.78 is 24.4. The van der Waals surface area contributed by atoms with Gasteiger partial charge in [-0.1, -0.05) is 30.7 Å². The van der Waals surface area contributed by atoms with Crippen molar-refractivity contribution in [3.63, 3.8) is 0 Å². The Balaban J connectivity index is 1.45. The third kappa shape index (κ3) is 5.32. The van der Waals surface area contributed by atoms with E-state index in [-0.39, 0.29) is 24.5 Å². The summed E-state index contributed by atoms with van der Waals surface area (Å²) in [7, 11) is 0. The average molecular weight is 607 g/mol. The zero-order valence-electron chi connectivity index (χ0n) is 23.0. The van der Waals surface area contributed by atoms with Gasteiger partial charge in [0.1, 0.15) is 5.76 Å². The van der Waals surface area contributed by atoms with Gasteiger partial charge in [-0.25, -0.2) is 14.8 Å². The number of carbonyl (C=O) groups is 1. The van der Waals surface area contributed by atoms with Crippen molar-refractivity contribution in [2.45, 2.75) is 49.9 Å². The van der Waals surface area contributed by atoms with Crippen molar-refractivity contribution in [1.29, 1.82) is 0 Å². The Labute approximate surface area is 247 Å². The Morgan fingerprint density at radius 3 is 2.81 bits per heavy atom. The molecule has 5 heterocycles. The first-order valence-electron chi connectivity index (χ1n) is 13.3. The zero-order chi connectivity index (χ0) is 29.4. The van der Waals surface area contributed by atoms with E-state index in [9.17, 15) is 14.4 Å². The fraction of sp³-hybridized carbons (Fsp3) is 0.276. The van der Waals surface area contributed by atoms with Crippen molar-refractivity contribution in [1.82, 2.24) is 14.5 Å². The van der Waals surface area contributed by atoms with Crippen LogP contribution >= 0.6 is 23.1 Å². The summed E-state index contributed by atoms with van der Waals surface area (Å²) in [5.41, 5.74) is 1.61. The molecule has 0 saturated heterocycles. The summed E-state index contributed by atoms with van der Waals surface area (Å²) in [4.78, 5) is 51.3. The lowest BCUT2D eigenvalue weighted by Crippen LogP contribution is -2.40. The highest BCUT2D eigenvalue weighted by atomic mass is 32.2. The standard InChI is InChI=1S/C29H26N4O7S2/c1-4-6-18-24(27(36)37-5-2)25(16-7-9-19-20(12-16)39-14-38-19)33-26(35)21(41-29(33)31-18)13-17-8-10-23(40-17)42-28-30-15(3)11-22(34)32-28/h7-13,25H,4-6,14H2,1-3H3,(H,30,32,34)/b21-13+/t25-/m0/s1. The topological polar surface area (TPSA) is 138 Å². The molecule has 2 aliphatic heterocycles. The zero-order valence-corrected chi connectivity index (χ0v) is 24.6. The largest absolute Gasteiger partial charge is 0.463 e. The number of aromatic amines is 1. The van der Waals surface area contributed by atoms with Crippen LogP contribution in [0.2, 0.25) is 0 Å². The number of nitrogens with one attached hydrogen (secondary N) is 1. The molecule has 0 radical (unpaired) electrons. The van der Waals surface area contributed by atoms with Crippen molar-refractivity contribution in [3.8, 4) is 11.5 Å². The summed E-state index contributed by atoms with van der Waals surface area (Å²) in [6.07, 6.45) is 2.93. The highest BCUT2D eigenvalue weighted by Crippen LogP contribution is 2.39. The van der Waals surface area contributed by atoms with E-state index in [0.717, 1.165) is 6.42 Å². The van der Waals surface area contributed by atoms with E-state index < -0.39 is 12.0 Å². The number of esters is 1. The first-order valence-corrected chi connectivity index (χ1v) is 14.9. The smallest absolute Gasteiger partial charge is 0.338 e. The molecule has 1 atom stereocenters. The monoisotopic (exact) mass is 606 g/mol. The highest BCUT2D eigenvalue weighted by molar-refractivity contribution is 7.99. The predicted octanol–water partition coefficient (Wildman–Crippen LogP) is 3.44. The van der Waals surface area contributed by atoms with Gasteiger partial charge in [-0.15, -0.1) is 0 Å². The molecule has 11 nitrogen and oxygen atoms in total. The fourth-order valence-electron chi connectivity index (χ4n) is 4.81. The number of fused-ring (bicyclic) bond motifs is 2. The predicted molar refractivity (Wildman–Crippen MR) is 155 cm³/mol. The van der Waals surface area contributed by atoms with E-state index in [4.69, 9.17) is 23.6 Å². The molecule has 13 heteroatoms. The van der Waals surface area contributed by atoms with Crippen molar-refractivity contribution < 1.29 is 23.4 Å². The number of aryl methyl sites for hydroxylation is 1. The number of thiazole rings is 1. The molecule has 6 rings (SSSR count). The lowest BCUT2D eigenvalue weighted by atomic mass is 9.94. The first-order chi connectivity index (χ1) is 20.3. The van der Waals surface area contributed by atoms with Gasteiger partial charge in [0.05, 0.1) is 28.5 Å². The fourth-order valence-corrected chi connectivity index (χ4v) is 6.62. The maximum Gasteiger partial charge on any atom is 0.338 e. The van der Waals surface area contributed by atoms with E-state index in [2.05, 4.69) is 9.97 Å². The molecular formula is C29H26N4O7S2. The molecule has 1 N–H and O–H groups in total. The molecule has 3 aromatic heterocycles. The second-order valence-corrected chi connectivity index (χ2v) is 11.5. The summed E-state index contributed by atoms with van der Waals surface area (Å²) in [6.45, 7) is 5.77. The Morgan fingerprint density at radius 1 is 1.19 bits per heavy atom. The van der Waals surface area contributed by atoms with Crippen molar-refractivity contribution in [2.75, 3.05) is 13.4 Å². The number of hydrogen-bond donors (Lipinski definition) is 1. The average Bonchev–Trinajstić information content (AvgIpc) is 3.67. The summed E-state index contributed by atoms with van der Waals surface area (Å²) in [6, 6.07) is 9.49. The highest BCUT2D eigenvalue weighted by Gasteiger charge is 2.35. The molecule has 0 saturated carbocycles. The molecule has 0 bridgehead atoms. The molecule has 0 unspecified atom stereocenters. The third-order valence-electron chi connectivity index (χ3n) is 6.53. The van der Waals surface area contributed by atoms with Crippen molar-refractivity contribution in [3.05, 3.63) is 94.7 Å². The van der Waals surface area contributed by atoms with Crippen LogP contribution in [0.5, 0.6) is 11.5 Å². The number of ether oxygens (including phenoxy) is 3. The van der Waals surface area contributed by atoms with Gasteiger partial charge in [-0.3, -0.25) is 14.2 Å². The molecule has 216 valence electrons. The van der Waals surface area contributed by atoms with Crippen LogP contribution < -0.4 is 29.9 Å². The van der Waals surface area contributed by atoms with Gasteiger partial charge in [-0.05, 0) is 61.9 Å². The summed E-state index contributed by atoms with van der Waals surface area (Å²) >= 11 is 2.38. The molecule has 0 amide bonds. The number of H-pyrrole nitrogens is 1. The minimum atomic E-state index is -0.773. The van der Waals surface area contributed by atoms with Crippen molar-refractivity contribution >= 4 is 35.1 Å². The van der Waals surface area contributed by atoms with Gasteiger partial charge in [0, 0.05) is 17.8 Å². The molecule has 42 heavy (non-hydrogen) atoms. The van der Waals surface area contributed by atoms with Crippen LogP contribution in [0.4, 0.5) is 0 Å². The molecule has 2 aliphatic rings. The Hall–Kier alpha value is -4.36. The van der Waals surface area contributed by atoms with Crippen LogP contribution in [0.15, 0.2) is 76.9 Å². The molecule has 1 aromatic carbocycles. The molecule has 0 fully saturated rings. The van der Waals surface area contributed by atoms with E-state index in [0.29, 0.717) is 65.8 Å². The quantitative estimate of drug-likeness (QED) is 0.236. The number of benzene rings is 1. The lowest BCUT2D eigenvalue weighted by Gasteiger charge is -2.25. The third-order valence-corrected chi connectivity index (χ3v) is 8.32. The number of hydrogen-bond acceptors (Lipinski definition) is 11. The van der Waals surface area contributed by atoms with E-state index in [1.54, 1.807) is 44.2 Å². The van der Waals surface area contributed by atoms with E-state index in [1.807, 2.05) is 13.0 Å². The number of nitrogens with zero attached hydrogens (tertiary/aromatic N) is 3. The number of allylic oxidation sites excluding steroid dienone is 1. The summed E-state index contributed by atoms with van der Waals surface area (Å²) in [5, 5.41) is 0.898. The van der Waals surface area contributed by atoms with Crippen LogP contribution in [0.1, 0.15) is 49.7 Å². The second kappa shape index (κ2) is 11.5. The van der Waals surface area contributed by atoms with Gasteiger partial charge in [0.25, 0.3) is 11.1 Å². The molecular weight excluding hydrogens is 580 g/mol. The van der Waals surface area contributed by atoms with Gasteiger partial charge in [0.2, 0.25) is 6.79 Å². The van der Waals surface area contributed by atoms with Crippen molar-refractivity contribution in [2.24, 2.45) is 4.99 Å². The van der Waals surface area contributed by atoms with Crippen LogP contribution in [0.25, 0.3) is 6.08 Å². The maximum absolute atomic E-state index is 14.0. The Morgan fingerprint density at radius 2 is 2.02 bits per heavy atom. The molecule has 0 aliphatic carbocycles. The van der Waals surface area contributed by atoms with Crippen LogP contribution in [0, 0.1) is 6.92 Å². The summed E-state index contributed by atoms with van der Waals surface area (Å²) in [5.74, 6) is 1.06. The lowest BCUT2D eigenvalue weighted by molar-refractivity contribution is -0.139. The number of carbonyl (C=O) groups excluding carboxylic acids is 1. The number of rotatable bonds is 8. The van der Waals surface area contributed by atoms with Crippen LogP contribution in [-0.2, 0) is 9.53 Å². The Bertz CT molecular complexity index is 1970. The van der Waals surface area contributed by atoms with Gasteiger partial charge in [-0.2, -0.15) is 0 Å². The normalized spacial score (nSPS) is 16.0. The van der Waals surface area contributed by atoms with Gasteiger partial charge in [0.15, 0.2) is 26.5 Å². The number of aromatic nitrogens is 3. The molecule has 0 spiro atoms. The maximum atomic E-state index is 14.0. The SMILES string of the molecule is CCCC1=C(C(=O)OCC)[C@H](c2ccc3c(c2)OCO3)n2c(s/c(=C/c3ccc(Sc4nc(C)cc(=O)[nH]4)o3)c2=O)=N1. The van der Waals surface area contributed by atoms with Gasteiger partial charge >= 0.3 is 5.97 Å². The second-order valence-electron chi connectivity index (χ2n) is 9.48.